The van der Waals surface area contributed by atoms with E-state index in [1.807, 2.05) is 6.07 Å². The Balaban J connectivity index is 2.48. The SMILES string of the molecule is C=CCn1c(=S)[nH]c(=O)c2c(C(=O)OC)cc(-c3cccnc3)nc21. The number of aromatic amines is 1. The predicted molar refractivity (Wildman–Crippen MR) is 96.0 cm³/mol. The van der Waals surface area contributed by atoms with Crippen molar-refractivity contribution < 1.29 is 9.53 Å². The van der Waals surface area contributed by atoms with Gasteiger partial charge in [0.15, 0.2) is 4.77 Å². The molecule has 0 fully saturated rings. The summed E-state index contributed by atoms with van der Waals surface area (Å²) in [6.07, 6.45) is 4.88. The summed E-state index contributed by atoms with van der Waals surface area (Å²) in [6, 6.07) is 5.08. The van der Waals surface area contributed by atoms with Crippen molar-refractivity contribution in [1.82, 2.24) is 19.5 Å². The Bertz CT molecular complexity index is 1090. The average Bonchev–Trinajstić information content (AvgIpc) is 2.64. The molecule has 7 nitrogen and oxygen atoms in total. The van der Waals surface area contributed by atoms with Crippen LogP contribution in [0.25, 0.3) is 22.3 Å². The van der Waals surface area contributed by atoms with Crippen molar-refractivity contribution in [3.8, 4) is 11.3 Å². The molecule has 0 aliphatic heterocycles. The summed E-state index contributed by atoms with van der Waals surface area (Å²) in [7, 11) is 1.26. The fourth-order valence-corrected chi connectivity index (χ4v) is 2.76. The zero-order chi connectivity index (χ0) is 18.0. The number of nitrogens with zero attached hydrogens (tertiary/aromatic N) is 3. The Morgan fingerprint density at radius 3 is 2.96 bits per heavy atom. The highest BCUT2D eigenvalue weighted by Crippen LogP contribution is 2.23. The molecule has 0 amide bonds. The molecule has 3 aromatic heterocycles. The van der Waals surface area contributed by atoms with Gasteiger partial charge in [-0.2, -0.15) is 0 Å². The van der Waals surface area contributed by atoms with Gasteiger partial charge in [0.1, 0.15) is 5.65 Å². The second kappa shape index (κ2) is 6.78. The van der Waals surface area contributed by atoms with Crippen LogP contribution in [-0.2, 0) is 11.3 Å². The standard InChI is InChI=1S/C17H14N4O3S/c1-3-7-21-14-13(15(22)20-17(21)25)11(16(23)24-2)8-12(19-14)10-5-4-6-18-9-10/h3-6,8-9H,1,7H2,2H3,(H,20,22,25). The Hall–Kier alpha value is -3.13. The molecule has 3 rings (SSSR count). The number of aromatic nitrogens is 4. The number of carbonyl (C=O) groups is 1. The molecule has 8 heteroatoms. The molecule has 0 aromatic carbocycles. The molecule has 0 saturated carbocycles. The summed E-state index contributed by atoms with van der Waals surface area (Å²) >= 11 is 5.22. The lowest BCUT2D eigenvalue weighted by Crippen LogP contribution is -2.19. The van der Waals surface area contributed by atoms with E-state index in [2.05, 4.69) is 21.5 Å². The zero-order valence-electron chi connectivity index (χ0n) is 13.4. The van der Waals surface area contributed by atoms with Crippen LogP contribution < -0.4 is 5.56 Å². The molecule has 0 saturated heterocycles. The summed E-state index contributed by atoms with van der Waals surface area (Å²) in [5.41, 5.74) is 1.09. The third kappa shape index (κ3) is 2.99. The minimum atomic E-state index is -0.634. The van der Waals surface area contributed by atoms with Crippen LogP contribution in [0, 0.1) is 4.77 Å². The van der Waals surface area contributed by atoms with Crippen LogP contribution in [0.15, 0.2) is 48.0 Å². The van der Waals surface area contributed by atoms with Crippen molar-refractivity contribution in [3.63, 3.8) is 0 Å². The third-order valence-corrected chi connectivity index (χ3v) is 3.95. The number of carbonyl (C=O) groups excluding carboxylic acids is 1. The number of esters is 1. The molecular weight excluding hydrogens is 340 g/mol. The van der Waals surface area contributed by atoms with Crippen LogP contribution in [0.5, 0.6) is 0 Å². The van der Waals surface area contributed by atoms with Gasteiger partial charge in [-0.1, -0.05) is 6.08 Å². The number of ether oxygens (including phenoxy) is 1. The lowest BCUT2D eigenvalue weighted by Gasteiger charge is -2.12. The first-order chi connectivity index (χ1) is 12.1. The van der Waals surface area contributed by atoms with Gasteiger partial charge in [0.05, 0.1) is 23.8 Å². The second-order valence-electron chi connectivity index (χ2n) is 5.15. The molecule has 1 N–H and O–H groups in total. The number of hydrogen-bond donors (Lipinski definition) is 1. The normalized spacial score (nSPS) is 10.6. The highest BCUT2D eigenvalue weighted by molar-refractivity contribution is 7.71. The van der Waals surface area contributed by atoms with E-state index in [1.54, 1.807) is 29.1 Å². The third-order valence-electron chi connectivity index (χ3n) is 3.62. The molecule has 0 bridgehead atoms. The zero-order valence-corrected chi connectivity index (χ0v) is 14.2. The average molecular weight is 354 g/mol. The molecule has 0 spiro atoms. The quantitative estimate of drug-likeness (QED) is 0.440. The number of allylic oxidation sites excluding steroid dienone is 1. The van der Waals surface area contributed by atoms with Gasteiger partial charge in [-0.3, -0.25) is 19.3 Å². The first kappa shape index (κ1) is 16.7. The van der Waals surface area contributed by atoms with Crippen LogP contribution >= 0.6 is 12.2 Å². The molecule has 126 valence electrons. The molecule has 25 heavy (non-hydrogen) atoms. The van der Waals surface area contributed by atoms with Crippen molar-refractivity contribution in [1.29, 1.82) is 0 Å². The monoisotopic (exact) mass is 354 g/mol. The lowest BCUT2D eigenvalue weighted by atomic mass is 10.1. The molecular formula is C17H14N4O3S. The Morgan fingerprint density at radius 2 is 2.32 bits per heavy atom. The second-order valence-corrected chi connectivity index (χ2v) is 5.53. The predicted octanol–water partition coefficient (Wildman–Crippen LogP) is 2.49. The fraction of sp³-hybridized carbons (Fsp3) is 0.118. The molecule has 0 radical (unpaired) electrons. The lowest BCUT2D eigenvalue weighted by molar-refractivity contribution is 0.0603. The number of H-pyrrole nitrogens is 1. The van der Waals surface area contributed by atoms with Gasteiger partial charge in [0.25, 0.3) is 5.56 Å². The van der Waals surface area contributed by atoms with Gasteiger partial charge in [-0.25, -0.2) is 9.78 Å². The Morgan fingerprint density at radius 1 is 1.52 bits per heavy atom. The van der Waals surface area contributed by atoms with Crippen LogP contribution in [0.3, 0.4) is 0 Å². The molecule has 3 heterocycles. The van der Waals surface area contributed by atoms with Gasteiger partial charge in [-0.15, -0.1) is 6.58 Å². The first-order valence-corrected chi connectivity index (χ1v) is 7.75. The molecule has 0 atom stereocenters. The van der Waals surface area contributed by atoms with Crippen molar-refractivity contribution in [2.75, 3.05) is 7.11 Å². The van der Waals surface area contributed by atoms with Gasteiger partial charge in [-0.05, 0) is 30.4 Å². The van der Waals surface area contributed by atoms with E-state index in [9.17, 15) is 9.59 Å². The summed E-state index contributed by atoms with van der Waals surface area (Å²) in [5, 5.41) is 0.120. The molecule has 0 unspecified atom stereocenters. The topological polar surface area (TPSA) is 89.9 Å². The van der Waals surface area contributed by atoms with Crippen molar-refractivity contribution >= 4 is 29.2 Å². The fourth-order valence-electron chi connectivity index (χ4n) is 2.51. The number of hydrogen-bond acceptors (Lipinski definition) is 6. The van der Waals surface area contributed by atoms with E-state index in [0.717, 1.165) is 0 Å². The maximum atomic E-state index is 12.4. The number of fused-ring (bicyclic) bond motifs is 1. The van der Waals surface area contributed by atoms with Crippen LogP contribution in [0.4, 0.5) is 0 Å². The largest absolute Gasteiger partial charge is 0.465 e. The van der Waals surface area contributed by atoms with Gasteiger partial charge in [0, 0.05) is 24.5 Å². The highest BCUT2D eigenvalue weighted by atomic mass is 32.1. The van der Waals surface area contributed by atoms with Crippen LogP contribution in [-0.4, -0.2) is 32.6 Å². The van der Waals surface area contributed by atoms with E-state index in [1.165, 1.54) is 13.2 Å². The summed E-state index contributed by atoms with van der Waals surface area (Å²) in [6.45, 7) is 4.02. The minimum Gasteiger partial charge on any atom is -0.465 e. The minimum absolute atomic E-state index is 0.111. The van der Waals surface area contributed by atoms with E-state index in [-0.39, 0.29) is 21.4 Å². The van der Waals surface area contributed by atoms with E-state index >= 15 is 0 Å². The summed E-state index contributed by atoms with van der Waals surface area (Å²) in [4.78, 5) is 35.8. The molecule has 0 aliphatic rings. The van der Waals surface area contributed by atoms with Crippen molar-refractivity contribution in [2.24, 2.45) is 0 Å². The summed E-state index contributed by atoms with van der Waals surface area (Å²) < 4.78 is 6.63. The van der Waals surface area contributed by atoms with Crippen LogP contribution in [0.1, 0.15) is 10.4 Å². The number of pyridine rings is 2. The smallest absolute Gasteiger partial charge is 0.338 e. The van der Waals surface area contributed by atoms with Gasteiger partial charge >= 0.3 is 5.97 Å². The maximum absolute atomic E-state index is 12.4. The summed E-state index contributed by atoms with van der Waals surface area (Å²) in [5.74, 6) is -0.634. The number of methoxy groups -OCH3 is 1. The Kier molecular flexibility index (Phi) is 4.53. The Labute approximate surface area is 147 Å². The van der Waals surface area contributed by atoms with Crippen molar-refractivity contribution in [3.05, 3.63) is 63.9 Å². The maximum Gasteiger partial charge on any atom is 0.338 e. The van der Waals surface area contributed by atoms with E-state index in [0.29, 0.717) is 17.8 Å². The van der Waals surface area contributed by atoms with Crippen LogP contribution in [0.2, 0.25) is 0 Å². The molecule has 3 aromatic rings. The van der Waals surface area contributed by atoms with Gasteiger partial charge in [0.2, 0.25) is 0 Å². The molecule has 0 aliphatic carbocycles. The van der Waals surface area contributed by atoms with E-state index in [4.69, 9.17) is 17.0 Å². The van der Waals surface area contributed by atoms with Crippen molar-refractivity contribution in [2.45, 2.75) is 6.54 Å². The first-order valence-electron chi connectivity index (χ1n) is 7.34. The highest BCUT2D eigenvalue weighted by Gasteiger charge is 2.19. The number of rotatable bonds is 4. The van der Waals surface area contributed by atoms with Gasteiger partial charge < -0.3 is 4.74 Å². The van der Waals surface area contributed by atoms with E-state index < -0.39 is 11.5 Å². The number of nitrogens with one attached hydrogen (secondary N) is 1.